The minimum Gasteiger partial charge on any atom is -0.360 e. The van der Waals surface area contributed by atoms with Crippen molar-refractivity contribution in [1.29, 1.82) is 0 Å². The lowest BCUT2D eigenvalue weighted by Gasteiger charge is -2.46. The summed E-state index contributed by atoms with van der Waals surface area (Å²) >= 11 is 0. The van der Waals surface area contributed by atoms with E-state index in [2.05, 4.69) is 30.2 Å². The first-order valence-corrected chi connectivity index (χ1v) is 8.31. The maximum Gasteiger partial charge on any atom is 0.270 e. The lowest BCUT2D eigenvalue weighted by atomic mass is 9.33. The van der Waals surface area contributed by atoms with Crippen LogP contribution in [0, 0.1) is 0 Å². The Bertz CT molecular complexity index is 433. The third kappa shape index (κ3) is 2.45. The molecule has 0 aromatic heterocycles. The highest BCUT2D eigenvalue weighted by atomic mass is 15.3. The van der Waals surface area contributed by atoms with E-state index in [0.29, 0.717) is 6.85 Å². The standard InChI is InChI=1S/C16H26BN3/c1-4-7-16-18-12(2)20(13(3)19-16)17-14-8-5-9-15(17)11-6-10-14/h14-15H,2,4-11H2,1,3H3. The first kappa shape index (κ1) is 13.9. The summed E-state index contributed by atoms with van der Waals surface area (Å²) in [5.74, 6) is 4.67. The molecule has 3 nitrogen and oxygen atoms in total. The van der Waals surface area contributed by atoms with E-state index in [0.717, 1.165) is 42.0 Å². The van der Waals surface area contributed by atoms with Gasteiger partial charge in [-0.1, -0.05) is 52.0 Å². The molecule has 4 heteroatoms. The normalized spacial score (nSPS) is 30.2. The van der Waals surface area contributed by atoms with E-state index >= 15 is 0 Å². The Balaban J connectivity index is 1.84. The van der Waals surface area contributed by atoms with Gasteiger partial charge in [0.25, 0.3) is 6.85 Å². The fourth-order valence-electron chi connectivity index (χ4n) is 4.44. The van der Waals surface area contributed by atoms with E-state index in [4.69, 9.17) is 4.99 Å². The molecule has 2 bridgehead atoms. The summed E-state index contributed by atoms with van der Waals surface area (Å²) in [7, 11) is 0. The largest absolute Gasteiger partial charge is 0.360 e. The highest BCUT2D eigenvalue weighted by Gasteiger charge is 2.45. The van der Waals surface area contributed by atoms with Crippen molar-refractivity contribution in [1.82, 2.24) is 4.81 Å². The molecule has 108 valence electrons. The summed E-state index contributed by atoms with van der Waals surface area (Å²) in [5, 5.41) is 0. The summed E-state index contributed by atoms with van der Waals surface area (Å²) in [4.78, 5) is 11.8. The third-order valence-electron chi connectivity index (χ3n) is 5.21. The molecule has 2 saturated heterocycles. The summed E-state index contributed by atoms with van der Waals surface area (Å²) in [6.45, 7) is 9.16. The van der Waals surface area contributed by atoms with Gasteiger partial charge < -0.3 is 4.81 Å². The Labute approximate surface area is 123 Å². The number of hydrogen-bond donors (Lipinski definition) is 0. The van der Waals surface area contributed by atoms with E-state index in [1.54, 1.807) is 0 Å². The zero-order valence-electron chi connectivity index (χ0n) is 12.9. The molecule has 0 aromatic carbocycles. The molecular weight excluding hydrogens is 245 g/mol. The Morgan fingerprint density at radius 1 is 1.15 bits per heavy atom. The van der Waals surface area contributed by atoms with Crippen molar-refractivity contribution < 1.29 is 0 Å². The first-order chi connectivity index (χ1) is 9.70. The van der Waals surface area contributed by atoms with Crippen LogP contribution in [0.15, 0.2) is 22.4 Å². The molecule has 0 N–H and O–H groups in total. The van der Waals surface area contributed by atoms with Crippen molar-refractivity contribution in [2.24, 2.45) is 9.98 Å². The lowest BCUT2D eigenvalue weighted by Crippen LogP contribution is -2.51. The SMILES string of the molecule is C=C1N=C(CCC)N=C(C)N1B1C2CCCC1CCC2. The Morgan fingerprint density at radius 2 is 1.75 bits per heavy atom. The van der Waals surface area contributed by atoms with Gasteiger partial charge in [0.2, 0.25) is 0 Å². The highest BCUT2D eigenvalue weighted by molar-refractivity contribution is 6.63. The molecule has 0 saturated carbocycles. The van der Waals surface area contributed by atoms with Crippen LogP contribution in [0.4, 0.5) is 0 Å². The Hall–Kier alpha value is -1.06. The van der Waals surface area contributed by atoms with E-state index < -0.39 is 0 Å². The zero-order valence-corrected chi connectivity index (χ0v) is 12.9. The smallest absolute Gasteiger partial charge is 0.270 e. The van der Waals surface area contributed by atoms with Crippen molar-refractivity contribution in [2.75, 3.05) is 0 Å². The molecule has 0 spiro atoms. The van der Waals surface area contributed by atoms with Crippen LogP contribution in [0.25, 0.3) is 0 Å². The summed E-state index contributed by atoms with van der Waals surface area (Å²) in [5.41, 5.74) is 0. The monoisotopic (exact) mass is 271 g/mol. The van der Waals surface area contributed by atoms with E-state index in [9.17, 15) is 0 Å². The van der Waals surface area contributed by atoms with Crippen LogP contribution in [0.1, 0.15) is 65.2 Å². The van der Waals surface area contributed by atoms with E-state index in [-0.39, 0.29) is 0 Å². The summed E-state index contributed by atoms with van der Waals surface area (Å²) in [6, 6.07) is 0. The van der Waals surface area contributed by atoms with E-state index in [1.807, 2.05) is 0 Å². The number of aliphatic imine (C=N–C) groups is 2. The molecule has 0 amide bonds. The van der Waals surface area contributed by atoms with Gasteiger partial charge in [0.1, 0.15) is 11.7 Å². The quantitative estimate of drug-likeness (QED) is 0.695. The molecule has 3 heterocycles. The Kier molecular flexibility index (Phi) is 4.00. The zero-order chi connectivity index (χ0) is 14.1. The van der Waals surface area contributed by atoms with Crippen LogP contribution in [-0.2, 0) is 0 Å². The maximum absolute atomic E-state index is 4.74. The van der Waals surface area contributed by atoms with Crippen LogP contribution < -0.4 is 0 Å². The second-order valence-electron chi connectivity index (χ2n) is 6.60. The second-order valence-corrected chi connectivity index (χ2v) is 6.60. The number of hydrogen-bond acceptors (Lipinski definition) is 3. The molecule has 0 aromatic rings. The minimum absolute atomic E-state index is 0.612. The first-order valence-electron chi connectivity index (χ1n) is 8.31. The Morgan fingerprint density at radius 3 is 2.25 bits per heavy atom. The van der Waals surface area contributed by atoms with Gasteiger partial charge in [0, 0.05) is 6.42 Å². The van der Waals surface area contributed by atoms with Crippen LogP contribution in [0.2, 0.25) is 11.6 Å². The van der Waals surface area contributed by atoms with Crippen LogP contribution >= 0.6 is 0 Å². The van der Waals surface area contributed by atoms with Crippen molar-refractivity contribution in [3.63, 3.8) is 0 Å². The van der Waals surface area contributed by atoms with Crippen molar-refractivity contribution >= 4 is 18.5 Å². The second kappa shape index (κ2) is 5.75. The van der Waals surface area contributed by atoms with Gasteiger partial charge >= 0.3 is 0 Å². The molecule has 2 fully saturated rings. The number of fused-ring (bicyclic) bond motifs is 2. The molecule has 0 aliphatic carbocycles. The molecule has 3 aliphatic rings. The van der Waals surface area contributed by atoms with Gasteiger partial charge in [0.15, 0.2) is 0 Å². The van der Waals surface area contributed by atoms with Crippen LogP contribution in [0.5, 0.6) is 0 Å². The fraction of sp³-hybridized carbons (Fsp3) is 0.750. The number of amidine groups is 2. The molecule has 20 heavy (non-hydrogen) atoms. The van der Waals surface area contributed by atoms with Gasteiger partial charge in [-0.25, -0.2) is 9.98 Å². The van der Waals surface area contributed by atoms with Crippen molar-refractivity contribution in [3.8, 4) is 0 Å². The summed E-state index contributed by atoms with van der Waals surface area (Å²) in [6.07, 6.45) is 10.4. The molecule has 0 unspecified atom stereocenters. The highest BCUT2D eigenvalue weighted by Crippen LogP contribution is 2.48. The van der Waals surface area contributed by atoms with Crippen LogP contribution in [-0.4, -0.2) is 23.3 Å². The average molecular weight is 271 g/mol. The maximum atomic E-state index is 4.74. The van der Waals surface area contributed by atoms with E-state index in [1.165, 1.54) is 38.5 Å². The van der Waals surface area contributed by atoms with Gasteiger partial charge in [-0.2, -0.15) is 0 Å². The summed E-state index contributed by atoms with van der Waals surface area (Å²) < 4.78 is 0. The minimum atomic E-state index is 0.612. The van der Waals surface area contributed by atoms with Gasteiger partial charge in [-0.15, -0.1) is 0 Å². The van der Waals surface area contributed by atoms with Crippen molar-refractivity contribution in [3.05, 3.63) is 12.4 Å². The fourth-order valence-corrected chi connectivity index (χ4v) is 4.44. The molecule has 0 atom stereocenters. The van der Waals surface area contributed by atoms with Crippen molar-refractivity contribution in [2.45, 2.75) is 76.8 Å². The molecule has 3 rings (SSSR count). The van der Waals surface area contributed by atoms with Gasteiger partial charge in [-0.3, -0.25) is 0 Å². The average Bonchev–Trinajstić information content (AvgIpc) is 2.38. The van der Waals surface area contributed by atoms with Crippen LogP contribution in [0.3, 0.4) is 0 Å². The lowest BCUT2D eigenvalue weighted by molar-refractivity contribution is 0.418. The molecule has 0 radical (unpaired) electrons. The number of rotatable bonds is 3. The molecule has 3 aliphatic heterocycles. The van der Waals surface area contributed by atoms with Gasteiger partial charge in [0.05, 0.1) is 5.84 Å². The third-order valence-corrected chi connectivity index (χ3v) is 5.21. The number of nitrogens with zero attached hydrogens (tertiary/aromatic N) is 3. The van der Waals surface area contributed by atoms with Gasteiger partial charge in [-0.05, 0) is 25.0 Å². The molecular formula is C16H26BN3. The topological polar surface area (TPSA) is 28.0 Å². The predicted octanol–water partition coefficient (Wildman–Crippen LogP) is 4.49. The predicted molar refractivity (Wildman–Crippen MR) is 87.4 cm³/mol.